The summed E-state index contributed by atoms with van der Waals surface area (Å²) in [4.78, 5) is 16.2. The SMILES string of the molecule is c1cc2ncc(-c3ncc4[nH]ncc4n3)cc2[nH]1. The standard InChI is InChI=1S/C12H8N6/c1-2-13-9-3-7(4-14-8(1)9)12-15-5-11-10(17-12)6-16-18-11/h1-6,13H,(H,16,18). The number of fused-ring (bicyclic) bond motifs is 2. The third-order valence-corrected chi connectivity index (χ3v) is 2.85. The predicted molar refractivity (Wildman–Crippen MR) is 66.8 cm³/mol. The molecule has 0 atom stereocenters. The van der Waals surface area contributed by atoms with Crippen LogP contribution in [0.1, 0.15) is 0 Å². The van der Waals surface area contributed by atoms with Gasteiger partial charge >= 0.3 is 0 Å². The first kappa shape index (κ1) is 9.29. The molecule has 4 rings (SSSR count). The van der Waals surface area contributed by atoms with Crippen molar-refractivity contribution >= 4 is 22.1 Å². The van der Waals surface area contributed by atoms with Crippen LogP contribution in [-0.2, 0) is 0 Å². The molecule has 4 aromatic rings. The Bertz CT molecular complexity index is 772. The van der Waals surface area contributed by atoms with Crippen molar-refractivity contribution < 1.29 is 0 Å². The predicted octanol–water partition coefficient (Wildman–Crippen LogP) is 1.90. The van der Waals surface area contributed by atoms with Crippen LogP contribution in [0.5, 0.6) is 0 Å². The van der Waals surface area contributed by atoms with Gasteiger partial charge in [0, 0.05) is 18.0 Å². The largest absolute Gasteiger partial charge is 0.360 e. The van der Waals surface area contributed by atoms with Crippen molar-refractivity contribution in [2.45, 2.75) is 0 Å². The Morgan fingerprint density at radius 1 is 0.944 bits per heavy atom. The zero-order chi connectivity index (χ0) is 11.9. The third kappa shape index (κ3) is 1.29. The molecule has 6 heteroatoms. The summed E-state index contributed by atoms with van der Waals surface area (Å²) in [6, 6.07) is 3.92. The number of nitrogens with one attached hydrogen (secondary N) is 2. The fourth-order valence-corrected chi connectivity index (χ4v) is 1.94. The van der Waals surface area contributed by atoms with Crippen molar-refractivity contribution in [3.8, 4) is 11.4 Å². The zero-order valence-electron chi connectivity index (χ0n) is 9.25. The number of aromatic amines is 2. The highest BCUT2D eigenvalue weighted by Gasteiger charge is 2.06. The molecule has 0 aromatic carbocycles. The molecule has 0 unspecified atom stereocenters. The lowest BCUT2D eigenvalue weighted by Gasteiger charge is -1.99. The molecule has 4 heterocycles. The summed E-state index contributed by atoms with van der Waals surface area (Å²) in [7, 11) is 0. The van der Waals surface area contributed by atoms with E-state index in [9.17, 15) is 0 Å². The van der Waals surface area contributed by atoms with E-state index in [4.69, 9.17) is 0 Å². The Kier molecular flexibility index (Phi) is 1.74. The Morgan fingerprint density at radius 2 is 1.94 bits per heavy atom. The van der Waals surface area contributed by atoms with Gasteiger partial charge in [-0.15, -0.1) is 0 Å². The average molecular weight is 236 g/mol. The monoisotopic (exact) mass is 236 g/mol. The third-order valence-electron chi connectivity index (χ3n) is 2.85. The van der Waals surface area contributed by atoms with Crippen LogP contribution in [0.15, 0.2) is 36.9 Å². The Balaban J connectivity index is 1.93. The van der Waals surface area contributed by atoms with Crippen LogP contribution in [-0.4, -0.2) is 30.1 Å². The Labute approximate surface area is 101 Å². The highest BCUT2D eigenvalue weighted by Crippen LogP contribution is 2.19. The van der Waals surface area contributed by atoms with Crippen LogP contribution in [0.25, 0.3) is 33.5 Å². The first-order chi connectivity index (χ1) is 8.90. The summed E-state index contributed by atoms with van der Waals surface area (Å²) in [6.45, 7) is 0. The second-order valence-corrected chi connectivity index (χ2v) is 4.00. The quantitative estimate of drug-likeness (QED) is 0.528. The van der Waals surface area contributed by atoms with Gasteiger partial charge in [0.2, 0.25) is 0 Å². The molecule has 0 aliphatic carbocycles. The lowest BCUT2D eigenvalue weighted by molar-refractivity contribution is 1.11. The molecule has 4 aromatic heterocycles. The maximum absolute atomic E-state index is 4.44. The lowest BCUT2D eigenvalue weighted by atomic mass is 10.2. The van der Waals surface area contributed by atoms with Crippen molar-refractivity contribution in [1.82, 2.24) is 30.1 Å². The minimum Gasteiger partial charge on any atom is -0.360 e. The van der Waals surface area contributed by atoms with E-state index in [0.29, 0.717) is 5.82 Å². The molecule has 0 fully saturated rings. The van der Waals surface area contributed by atoms with Crippen molar-refractivity contribution in [2.24, 2.45) is 0 Å². The first-order valence-corrected chi connectivity index (χ1v) is 5.50. The van der Waals surface area contributed by atoms with Gasteiger partial charge in [-0.2, -0.15) is 5.10 Å². The molecule has 0 amide bonds. The van der Waals surface area contributed by atoms with Crippen LogP contribution < -0.4 is 0 Å². The van der Waals surface area contributed by atoms with Crippen molar-refractivity contribution in [3.63, 3.8) is 0 Å². The molecule has 0 aliphatic heterocycles. The van der Waals surface area contributed by atoms with E-state index in [1.165, 1.54) is 0 Å². The minimum atomic E-state index is 0.646. The molecule has 6 nitrogen and oxygen atoms in total. The minimum absolute atomic E-state index is 0.646. The summed E-state index contributed by atoms with van der Waals surface area (Å²) < 4.78 is 0. The molecule has 0 saturated heterocycles. The number of hydrogen-bond acceptors (Lipinski definition) is 4. The van der Waals surface area contributed by atoms with Crippen molar-refractivity contribution in [1.29, 1.82) is 0 Å². The van der Waals surface area contributed by atoms with Gasteiger partial charge < -0.3 is 4.98 Å². The zero-order valence-corrected chi connectivity index (χ0v) is 9.25. The van der Waals surface area contributed by atoms with E-state index in [1.807, 2.05) is 18.3 Å². The molecular formula is C12H8N6. The Hall–Kier alpha value is -2.76. The summed E-state index contributed by atoms with van der Waals surface area (Å²) in [5.74, 6) is 0.646. The van der Waals surface area contributed by atoms with Gasteiger partial charge in [-0.1, -0.05) is 0 Å². The van der Waals surface area contributed by atoms with Crippen LogP contribution in [0.2, 0.25) is 0 Å². The molecule has 0 radical (unpaired) electrons. The summed E-state index contributed by atoms with van der Waals surface area (Å²) in [5.41, 5.74) is 4.42. The molecule has 18 heavy (non-hydrogen) atoms. The van der Waals surface area contributed by atoms with Gasteiger partial charge in [-0.3, -0.25) is 10.1 Å². The molecule has 0 spiro atoms. The van der Waals surface area contributed by atoms with Gasteiger partial charge in [0.25, 0.3) is 0 Å². The van der Waals surface area contributed by atoms with E-state index in [-0.39, 0.29) is 0 Å². The van der Waals surface area contributed by atoms with E-state index < -0.39 is 0 Å². The number of H-pyrrole nitrogens is 2. The van der Waals surface area contributed by atoms with E-state index in [2.05, 4.69) is 30.1 Å². The smallest absolute Gasteiger partial charge is 0.161 e. The summed E-state index contributed by atoms with van der Waals surface area (Å²) in [5, 5.41) is 6.76. The fourth-order valence-electron chi connectivity index (χ4n) is 1.94. The van der Waals surface area contributed by atoms with Crippen LogP contribution in [0.4, 0.5) is 0 Å². The van der Waals surface area contributed by atoms with Crippen molar-refractivity contribution in [2.75, 3.05) is 0 Å². The number of pyridine rings is 1. The van der Waals surface area contributed by atoms with Crippen molar-refractivity contribution in [3.05, 3.63) is 36.9 Å². The van der Waals surface area contributed by atoms with Gasteiger partial charge in [0.15, 0.2) is 5.82 Å². The second kappa shape index (κ2) is 3.36. The van der Waals surface area contributed by atoms with Crippen LogP contribution >= 0.6 is 0 Å². The van der Waals surface area contributed by atoms with E-state index in [0.717, 1.165) is 27.6 Å². The Morgan fingerprint density at radius 3 is 2.94 bits per heavy atom. The van der Waals surface area contributed by atoms with Gasteiger partial charge in [-0.25, -0.2) is 9.97 Å². The average Bonchev–Trinajstić information content (AvgIpc) is 3.05. The highest BCUT2D eigenvalue weighted by atomic mass is 15.1. The number of aromatic nitrogens is 6. The van der Waals surface area contributed by atoms with Gasteiger partial charge in [0.1, 0.15) is 11.0 Å². The first-order valence-electron chi connectivity index (χ1n) is 5.50. The van der Waals surface area contributed by atoms with E-state index in [1.54, 1.807) is 18.6 Å². The molecule has 0 aliphatic rings. The summed E-state index contributed by atoms with van der Waals surface area (Å²) in [6.07, 6.45) is 7.05. The fraction of sp³-hybridized carbons (Fsp3) is 0. The normalized spacial score (nSPS) is 11.3. The molecular weight excluding hydrogens is 228 g/mol. The molecule has 0 bridgehead atoms. The van der Waals surface area contributed by atoms with Crippen LogP contribution in [0.3, 0.4) is 0 Å². The molecule has 86 valence electrons. The van der Waals surface area contributed by atoms with Gasteiger partial charge in [0.05, 0.1) is 23.4 Å². The van der Waals surface area contributed by atoms with E-state index >= 15 is 0 Å². The molecule has 0 saturated carbocycles. The maximum Gasteiger partial charge on any atom is 0.161 e. The van der Waals surface area contributed by atoms with Crippen LogP contribution in [0, 0.1) is 0 Å². The number of rotatable bonds is 1. The number of nitrogens with zero attached hydrogens (tertiary/aromatic N) is 4. The summed E-state index contributed by atoms with van der Waals surface area (Å²) >= 11 is 0. The highest BCUT2D eigenvalue weighted by molar-refractivity contribution is 5.80. The second-order valence-electron chi connectivity index (χ2n) is 4.00. The molecule has 2 N–H and O–H groups in total. The maximum atomic E-state index is 4.44. The number of hydrogen-bond donors (Lipinski definition) is 2. The van der Waals surface area contributed by atoms with Gasteiger partial charge in [-0.05, 0) is 12.1 Å². The topological polar surface area (TPSA) is 83.1 Å². The lowest BCUT2D eigenvalue weighted by Crippen LogP contribution is -1.89.